The van der Waals surface area contributed by atoms with E-state index in [4.69, 9.17) is 20.0 Å². The maximum atomic E-state index is 13.5. The molecule has 21 heteroatoms. The molecule has 2 atom stereocenters. The molecule has 3 rings (SSSR count). The second-order valence-corrected chi connectivity index (χ2v) is 15.0. The highest BCUT2D eigenvalue weighted by molar-refractivity contribution is 7.84. The van der Waals surface area contributed by atoms with Crippen molar-refractivity contribution >= 4 is 56.4 Å². The summed E-state index contributed by atoms with van der Waals surface area (Å²) in [5.74, 6) is -2.93. The topological polar surface area (TPSA) is 260 Å². The number of amides is 3. The summed E-state index contributed by atoms with van der Waals surface area (Å²) in [6, 6.07) is -2.78. The predicted octanol–water partition coefficient (Wildman–Crippen LogP) is 0.424. The highest BCUT2D eigenvalue weighted by Crippen LogP contribution is 2.27. The number of carbonyl (C=O) groups is 4. The normalized spacial score (nSPS) is 17.5. The number of β-lactam (4-membered cyclic amide) rings is 1. The number of nitrogen functional groups attached to an aromatic ring is 1. The van der Waals surface area contributed by atoms with Crippen molar-refractivity contribution in [3.8, 4) is 0 Å². The standard InChI is InChI=1S/C26H39N9O10S2/c1-24(2,3)43-21(38)26(7,8)45-32-17(15-13-46-22(27)29-15)19(36)30-18-16(35(20(18)37)47(40,41)42)11-14-12-34(33-31-14)10-9-28-23(39)44-25(4,5)6/h12-13,16,18H,9-11H2,1-8H3,(H2,27,29)(H,28,39)(H,30,36)(H,40,41,42)/b32-17-/t16-,18+/m1/s1. The SMILES string of the molecule is CC(C)(C)OC(=O)NCCn1cc(C[C@@H]2[C@H](NC(=O)/C(=N\OC(C)(C)C(=O)OC(C)(C)C)c3csc(N)n3)C(=O)N2S(=O)(=O)O)nn1. The van der Waals surface area contributed by atoms with E-state index in [1.165, 1.54) is 30.1 Å². The fraction of sp³-hybridized carbons (Fsp3) is 0.615. The van der Waals surface area contributed by atoms with Gasteiger partial charge in [0.25, 0.3) is 11.8 Å². The average molecular weight is 702 g/mol. The van der Waals surface area contributed by atoms with E-state index in [9.17, 15) is 32.1 Å². The van der Waals surface area contributed by atoms with Gasteiger partial charge >= 0.3 is 22.4 Å². The second kappa shape index (κ2) is 13.8. The Morgan fingerprint density at radius 2 is 1.74 bits per heavy atom. The number of nitrogens with one attached hydrogen (secondary N) is 2. The van der Waals surface area contributed by atoms with E-state index >= 15 is 0 Å². The Hall–Kier alpha value is -4.37. The lowest BCUT2D eigenvalue weighted by molar-refractivity contribution is -0.179. The molecule has 0 saturated carbocycles. The molecular formula is C26H39N9O10S2. The van der Waals surface area contributed by atoms with Gasteiger partial charge in [0, 0.05) is 24.5 Å². The number of esters is 1. The van der Waals surface area contributed by atoms with Gasteiger partial charge in [-0.1, -0.05) is 10.4 Å². The molecule has 0 aliphatic carbocycles. The molecule has 0 radical (unpaired) electrons. The first-order chi connectivity index (χ1) is 21.5. The first-order valence-electron chi connectivity index (χ1n) is 14.2. The van der Waals surface area contributed by atoms with Gasteiger partial charge in [-0.3, -0.25) is 18.8 Å². The lowest BCUT2D eigenvalue weighted by Crippen LogP contribution is -2.73. The van der Waals surface area contributed by atoms with Crippen LogP contribution in [0.5, 0.6) is 0 Å². The minimum Gasteiger partial charge on any atom is -0.457 e. The van der Waals surface area contributed by atoms with Gasteiger partial charge in [0.1, 0.15) is 22.9 Å². The van der Waals surface area contributed by atoms with E-state index in [0.29, 0.717) is 0 Å². The van der Waals surface area contributed by atoms with Crippen molar-refractivity contribution in [3.63, 3.8) is 0 Å². The van der Waals surface area contributed by atoms with E-state index in [0.717, 1.165) is 11.3 Å². The molecule has 260 valence electrons. The Balaban J connectivity index is 1.78. The molecule has 1 saturated heterocycles. The number of hydrogen-bond acceptors (Lipinski definition) is 15. The molecule has 0 aromatic carbocycles. The number of nitrogens with two attached hydrogens (primary N) is 1. The van der Waals surface area contributed by atoms with E-state index in [1.54, 1.807) is 41.5 Å². The Morgan fingerprint density at radius 3 is 2.30 bits per heavy atom. The Labute approximate surface area is 275 Å². The molecule has 5 N–H and O–H groups in total. The summed E-state index contributed by atoms with van der Waals surface area (Å²) in [7, 11) is -5.03. The molecule has 3 heterocycles. The minimum absolute atomic E-state index is 0.0529. The van der Waals surface area contributed by atoms with Crippen LogP contribution in [0.1, 0.15) is 66.8 Å². The van der Waals surface area contributed by atoms with E-state index in [-0.39, 0.29) is 40.3 Å². The average Bonchev–Trinajstić information content (AvgIpc) is 3.53. The number of carbonyl (C=O) groups excluding carboxylic acids is 4. The number of thiazole rings is 1. The summed E-state index contributed by atoms with van der Waals surface area (Å²) >= 11 is 0.978. The summed E-state index contributed by atoms with van der Waals surface area (Å²) in [5.41, 5.74) is 2.22. The smallest absolute Gasteiger partial charge is 0.407 e. The van der Waals surface area contributed by atoms with Crippen LogP contribution in [0.15, 0.2) is 16.7 Å². The van der Waals surface area contributed by atoms with Crippen molar-refractivity contribution in [2.24, 2.45) is 5.16 Å². The van der Waals surface area contributed by atoms with Gasteiger partial charge in [0.15, 0.2) is 10.8 Å². The van der Waals surface area contributed by atoms with Gasteiger partial charge in [-0.2, -0.15) is 8.42 Å². The number of rotatable bonds is 12. The van der Waals surface area contributed by atoms with Crippen molar-refractivity contribution in [1.82, 2.24) is 34.9 Å². The summed E-state index contributed by atoms with van der Waals surface area (Å²) in [6.07, 6.45) is 0.558. The van der Waals surface area contributed by atoms with Crippen molar-refractivity contribution in [2.75, 3.05) is 12.3 Å². The van der Waals surface area contributed by atoms with Crippen LogP contribution in [0.25, 0.3) is 0 Å². The monoisotopic (exact) mass is 701 g/mol. The Bertz CT molecular complexity index is 1640. The van der Waals surface area contributed by atoms with E-state index in [1.807, 2.05) is 0 Å². The van der Waals surface area contributed by atoms with Gasteiger partial charge in [0.05, 0.1) is 18.3 Å². The zero-order chi connectivity index (χ0) is 35.5. The summed E-state index contributed by atoms with van der Waals surface area (Å²) in [6.45, 7) is 13.2. The van der Waals surface area contributed by atoms with E-state index in [2.05, 4.69) is 31.1 Å². The number of oxime groups is 1. The Morgan fingerprint density at radius 1 is 1.11 bits per heavy atom. The van der Waals surface area contributed by atoms with Crippen LogP contribution in [-0.2, 0) is 52.0 Å². The number of nitrogens with zero attached hydrogens (tertiary/aromatic N) is 6. The molecule has 0 bridgehead atoms. The minimum atomic E-state index is -5.03. The van der Waals surface area contributed by atoms with Crippen molar-refractivity contribution in [1.29, 1.82) is 0 Å². The zero-order valence-corrected chi connectivity index (χ0v) is 28.8. The van der Waals surface area contributed by atoms with Crippen molar-refractivity contribution < 1.29 is 46.5 Å². The van der Waals surface area contributed by atoms with Gasteiger partial charge in [-0.15, -0.1) is 16.4 Å². The largest absolute Gasteiger partial charge is 0.457 e. The summed E-state index contributed by atoms with van der Waals surface area (Å²) in [4.78, 5) is 60.3. The Kier molecular flexibility index (Phi) is 10.9. The predicted molar refractivity (Wildman–Crippen MR) is 166 cm³/mol. The maximum Gasteiger partial charge on any atom is 0.407 e. The summed E-state index contributed by atoms with van der Waals surface area (Å²) < 4.78 is 45.9. The van der Waals surface area contributed by atoms with Gasteiger partial charge in [-0.25, -0.2) is 18.9 Å². The molecule has 0 spiro atoms. The molecule has 0 unspecified atom stereocenters. The van der Waals surface area contributed by atoms with Crippen molar-refractivity contribution in [2.45, 2.75) is 97.2 Å². The van der Waals surface area contributed by atoms with Crippen LogP contribution >= 0.6 is 11.3 Å². The number of ether oxygens (including phenoxy) is 2. The van der Waals surface area contributed by atoms with Crippen LogP contribution < -0.4 is 16.4 Å². The summed E-state index contributed by atoms with van der Waals surface area (Å²) in [5, 5.41) is 18.2. The molecule has 3 amide bonds. The number of anilines is 1. The lowest BCUT2D eigenvalue weighted by atomic mass is 9.94. The van der Waals surface area contributed by atoms with E-state index < -0.39 is 68.8 Å². The highest BCUT2D eigenvalue weighted by atomic mass is 32.2. The lowest BCUT2D eigenvalue weighted by Gasteiger charge is -2.43. The number of hydrogen-bond donors (Lipinski definition) is 4. The van der Waals surface area contributed by atoms with Gasteiger partial charge in [-0.05, 0) is 55.4 Å². The third kappa shape index (κ3) is 10.3. The second-order valence-electron chi connectivity index (χ2n) is 12.9. The molecule has 47 heavy (non-hydrogen) atoms. The van der Waals surface area contributed by atoms with Crippen LogP contribution in [0, 0.1) is 0 Å². The highest BCUT2D eigenvalue weighted by Gasteiger charge is 2.54. The van der Waals surface area contributed by atoms with Crippen LogP contribution in [-0.4, -0.2) is 102 Å². The molecule has 2 aromatic rings. The number of alkyl carbamates (subject to hydrolysis) is 1. The fourth-order valence-corrected chi connectivity index (χ4v) is 5.34. The number of aromatic nitrogens is 4. The van der Waals surface area contributed by atoms with Crippen LogP contribution in [0.3, 0.4) is 0 Å². The molecule has 1 aliphatic rings. The van der Waals surface area contributed by atoms with Gasteiger partial charge in [0.2, 0.25) is 5.60 Å². The van der Waals surface area contributed by atoms with Crippen molar-refractivity contribution in [3.05, 3.63) is 23.0 Å². The van der Waals surface area contributed by atoms with Gasteiger partial charge < -0.3 is 30.7 Å². The first kappa shape index (κ1) is 37.1. The molecule has 1 aliphatic heterocycles. The molecule has 19 nitrogen and oxygen atoms in total. The molecule has 1 fully saturated rings. The maximum absolute atomic E-state index is 13.5. The van der Waals surface area contributed by atoms with Crippen LogP contribution in [0.2, 0.25) is 0 Å². The quantitative estimate of drug-likeness (QED) is 0.0769. The zero-order valence-electron chi connectivity index (χ0n) is 27.1. The first-order valence-corrected chi connectivity index (χ1v) is 16.4. The van der Waals surface area contributed by atoms with Crippen LogP contribution in [0.4, 0.5) is 9.93 Å². The third-order valence-electron chi connectivity index (χ3n) is 5.95. The third-order valence-corrected chi connectivity index (χ3v) is 7.57. The molecule has 2 aromatic heterocycles. The molecular weight excluding hydrogens is 662 g/mol. The fourth-order valence-electron chi connectivity index (χ4n) is 3.91.